The minimum absolute atomic E-state index is 0.274. The van der Waals surface area contributed by atoms with Crippen molar-refractivity contribution in [3.05, 3.63) is 0 Å². The van der Waals surface area contributed by atoms with E-state index in [2.05, 4.69) is 33.0 Å². The Morgan fingerprint density at radius 3 is 2.58 bits per heavy atom. The molecule has 0 spiro atoms. The summed E-state index contributed by atoms with van der Waals surface area (Å²) >= 11 is 1.88. The Morgan fingerprint density at radius 1 is 1.26 bits per heavy atom. The Kier molecular flexibility index (Phi) is 5.18. The zero-order chi connectivity index (χ0) is 13.9. The number of nitrogens with zero attached hydrogens (tertiary/aromatic N) is 1. The lowest BCUT2D eigenvalue weighted by molar-refractivity contribution is 0.0583. The molecule has 0 amide bonds. The molecule has 0 aliphatic carbocycles. The molecule has 1 saturated heterocycles. The monoisotopic (exact) mass is 284 g/mol. The molecule has 0 aromatic heterocycles. The molecule has 2 aliphatic rings. The Hall–Kier alpha value is -0.220. The van der Waals surface area contributed by atoms with Gasteiger partial charge in [-0.25, -0.2) is 0 Å². The van der Waals surface area contributed by atoms with Gasteiger partial charge in [0.15, 0.2) is 5.17 Å². The summed E-state index contributed by atoms with van der Waals surface area (Å²) in [7, 11) is 0. The fourth-order valence-electron chi connectivity index (χ4n) is 2.74. The van der Waals surface area contributed by atoms with Gasteiger partial charge in [-0.05, 0) is 37.5 Å². The van der Waals surface area contributed by atoms with Crippen LogP contribution in [0.3, 0.4) is 0 Å². The van der Waals surface area contributed by atoms with E-state index in [0.29, 0.717) is 12.1 Å². The van der Waals surface area contributed by atoms with Crippen LogP contribution in [0, 0.1) is 11.3 Å². The fraction of sp³-hybridized carbons (Fsp3) is 0.933. The minimum atomic E-state index is 0.274. The van der Waals surface area contributed by atoms with Crippen LogP contribution in [0.15, 0.2) is 4.99 Å². The highest BCUT2D eigenvalue weighted by molar-refractivity contribution is 8.13. The molecule has 19 heavy (non-hydrogen) atoms. The van der Waals surface area contributed by atoms with Crippen LogP contribution in [0.2, 0.25) is 0 Å². The van der Waals surface area contributed by atoms with E-state index in [1.807, 2.05) is 11.8 Å². The maximum absolute atomic E-state index is 5.44. The number of hydrogen-bond acceptors (Lipinski definition) is 4. The molecule has 110 valence electrons. The van der Waals surface area contributed by atoms with Gasteiger partial charge in [0.2, 0.25) is 0 Å². The molecule has 2 atom stereocenters. The molecule has 2 heterocycles. The third-order valence-corrected chi connectivity index (χ3v) is 5.16. The molecule has 0 aromatic carbocycles. The SMILES string of the molecule is CC(NC1=NC(C(C)(C)C)CCS1)C1CCOCC1. The quantitative estimate of drug-likeness (QED) is 0.844. The number of ether oxygens (including phenoxy) is 1. The average molecular weight is 284 g/mol. The minimum Gasteiger partial charge on any atom is -0.381 e. The Bertz CT molecular complexity index is 319. The smallest absolute Gasteiger partial charge is 0.157 e. The van der Waals surface area contributed by atoms with Crippen molar-refractivity contribution in [2.75, 3.05) is 19.0 Å². The van der Waals surface area contributed by atoms with Crippen LogP contribution in [0.5, 0.6) is 0 Å². The van der Waals surface area contributed by atoms with Crippen molar-refractivity contribution < 1.29 is 4.74 Å². The normalized spacial score (nSPS) is 27.8. The van der Waals surface area contributed by atoms with Crippen LogP contribution in [0.1, 0.15) is 47.0 Å². The molecule has 0 aromatic rings. The van der Waals surface area contributed by atoms with Crippen LogP contribution in [-0.4, -0.2) is 36.2 Å². The van der Waals surface area contributed by atoms with Crippen LogP contribution in [0.4, 0.5) is 0 Å². The zero-order valence-corrected chi connectivity index (χ0v) is 13.6. The maximum Gasteiger partial charge on any atom is 0.157 e. The highest BCUT2D eigenvalue weighted by Gasteiger charge is 2.28. The second-order valence-electron chi connectivity index (χ2n) is 6.84. The lowest BCUT2D eigenvalue weighted by Crippen LogP contribution is -2.41. The first-order valence-electron chi connectivity index (χ1n) is 7.51. The average Bonchev–Trinajstić information content (AvgIpc) is 2.39. The summed E-state index contributed by atoms with van der Waals surface area (Å²) in [6.07, 6.45) is 3.55. The molecule has 0 bridgehead atoms. The van der Waals surface area contributed by atoms with Gasteiger partial charge in [0.05, 0.1) is 6.04 Å². The van der Waals surface area contributed by atoms with Gasteiger partial charge in [-0.1, -0.05) is 32.5 Å². The van der Waals surface area contributed by atoms with E-state index in [1.54, 1.807) is 0 Å². The summed E-state index contributed by atoms with van der Waals surface area (Å²) in [5, 5.41) is 4.81. The molecule has 3 nitrogen and oxygen atoms in total. The molecule has 2 rings (SSSR count). The van der Waals surface area contributed by atoms with E-state index in [1.165, 1.54) is 25.0 Å². The predicted molar refractivity (Wildman–Crippen MR) is 83.9 cm³/mol. The fourth-order valence-corrected chi connectivity index (χ4v) is 3.75. The molecule has 1 fully saturated rings. The predicted octanol–water partition coefficient (Wildman–Crippen LogP) is 3.30. The number of rotatable bonds is 2. The number of hydrogen-bond donors (Lipinski definition) is 1. The molecule has 0 radical (unpaired) electrons. The van der Waals surface area contributed by atoms with Crippen molar-refractivity contribution in [3.8, 4) is 0 Å². The van der Waals surface area contributed by atoms with Gasteiger partial charge in [-0.2, -0.15) is 0 Å². The zero-order valence-electron chi connectivity index (χ0n) is 12.7. The summed E-state index contributed by atoms with van der Waals surface area (Å²) in [5.41, 5.74) is 0.274. The number of nitrogens with one attached hydrogen (secondary N) is 1. The summed E-state index contributed by atoms with van der Waals surface area (Å²) in [5.74, 6) is 1.92. The van der Waals surface area contributed by atoms with E-state index in [-0.39, 0.29) is 5.41 Å². The van der Waals surface area contributed by atoms with Crippen LogP contribution in [-0.2, 0) is 4.74 Å². The highest BCUT2D eigenvalue weighted by atomic mass is 32.2. The van der Waals surface area contributed by atoms with E-state index < -0.39 is 0 Å². The van der Waals surface area contributed by atoms with Crippen LogP contribution < -0.4 is 5.32 Å². The number of thioether (sulfide) groups is 1. The highest BCUT2D eigenvalue weighted by Crippen LogP contribution is 2.30. The van der Waals surface area contributed by atoms with Crippen molar-refractivity contribution in [1.82, 2.24) is 5.32 Å². The van der Waals surface area contributed by atoms with Crippen molar-refractivity contribution in [2.45, 2.75) is 59.0 Å². The van der Waals surface area contributed by atoms with Gasteiger partial charge < -0.3 is 10.1 Å². The lowest BCUT2D eigenvalue weighted by Gasteiger charge is -2.34. The summed E-state index contributed by atoms with van der Waals surface area (Å²) in [4.78, 5) is 4.93. The van der Waals surface area contributed by atoms with Crippen molar-refractivity contribution >= 4 is 16.9 Å². The summed E-state index contributed by atoms with van der Waals surface area (Å²) in [6, 6.07) is 0.965. The van der Waals surface area contributed by atoms with E-state index in [0.717, 1.165) is 24.3 Å². The van der Waals surface area contributed by atoms with Gasteiger partial charge in [0.1, 0.15) is 0 Å². The Balaban J connectivity index is 1.92. The van der Waals surface area contributed by atoms with Gasteiger partial charge >= 0.3 is 0 Å². The Morgan fingerprint density at radius 2 is 1.95 bits per heavy atom. The van der Waals surface area contributed by atoms with Gasteiger partial charge in [0.25, 0.3) is 0 Å². The number of amidine groups is 1. The topological polar surface area (TPSA) is 33.6 Å². The van der Waals surface area contributed by atoms with Crippen LogP contribution >= 0.6 is 11.8 Å². The maximum atomic E-state index is 5.44. The summed E-state index contributed by atoms with van der Waals surface area (Å²) in [6.45, 7) is 11.0. The summed E-state index contributed by atoms with van der Waals surface area (Å²) < 4.78 is 5.44. The molecule has 0 saturated carbocycles. The third-order valence-electron chi connectivity index (χ3n) is 4.23. The van der Waals surface area contributed by atoms with E-state index in [4.69, 9.17) is 9.73 Å². The first-order valence-corrected chi connectivity index (χ1v) is 8.50. The largest absolute Gasteiger partial charge is 0.381 e. The van der Waals surface area contributed by atoms with Crippen molar-refractivity contribution in [3.63, 3.8) is 0 Å². The van der Waals surface area contributed by atoms with Crippen molar-refractivity contribution in [1.29, 1.82) is 0 Å². The van der Waals surface area contributed by atoms with Gasteiger partial charge in [-0.3, -0.25) is 4.99 Å². The van der Waals surface area contributed by atoms with Crippen molar-refractivity contribution in [2.24, 2.45) is 16.3 Å². The van der Waals surface area contributed by atoms with E-state index >= 15 is 0 Å². The van der Waals surface area contributed by atoms with E-state index in [9.17, 15) is 0 Å². The first kappa shape index (κ1) is 15.2. The molecular formula is C15H28N2OS. The molecular weight excluding hydrogens is 256 g/mol. The molecule has 2 unspecified atom stereocenters. The second kappa shape index (κ2) is 6.49. The van der Waals surface area contributed by atoms with Gasteiger partial charge in [-0.15, -0.1) is 0 Å². The lowest BCUT2D eigenvalue weighted by atomic mass is 9.85. The van der Waals surface area contributed by atoms with Crippen LogP contribution in [0.25, 0.3) is 0 Å². The molecule has 1 N–H and O–H groups in total. The first-order chi connectivity index (χ1) is 8.97. The molecule has 2 aliphatic heterocycles. The second-order valence-corrected chi connectivity index (χ2v) is 7.92. The number of aliphatic imine (C=N–C) groups is 1. The Labute approximate surface area is 122 Å². The third kappa shape index (κ3) is 4.38. The van der Waals surface area contributed by atoms with Gasteiger partial charge in [0, 0.05) is 25.0 Å². The standard InChI is InChI=1S/C15H28N2OS/c1-11(12-5-8-18-9-6-12)16-14-17-13(7-10-19-14)15(2,3)4/h11-13H,5-10H2,1-4H3,(H,16,17). The molecule has 4 heteroatoms.